The van der Waals surface area contributed by atoms with E-state index in [1.165, 1.54) is 0 Å². The molecule has 2 saturated heterocycles. The number of carboxylic acids is 1. The molecule has 1 aromatic heterocycles. The second-order valence-corrected chi connectivity index (χ2v) is 6.99. The molecule has 2 aliphatic heterocycles. The average molecular weight is 334 g/mol. The van der Waals surface area contributed by atoms with E-state index in [1.54, 1.807) is 0 Å². The van der Waals surface area contributed by atoms with Gasteiger partial charge in [-0.3, -0.25) is 14.5 Å². The van der Waals surface area contributed by atoms with E-state index in [2.05, 4.69) is 14.9 Å². The van der Waals surface area contributed by atoms with Crippen LogP contribution in [-0.4, -0.2) is 69.0 Å². The molecule has 1 amide bonds. The van der Waals surface area contributed by atoms with Crippen LogP contribution in [0.25, 0.3) is 0 Å². The van der Waals surface area contributed by atoms with Crippen molar-refractivity contribution in [3.63, 3.8) is 0 Å². The van der Waals surface area contributed by atoms with Gasteiger partial charge >= 0.3 is 5.97 Å². The smallest absolute Gasteiger partial charge is 0.307 e. The van der Waals surface area contributed by atoms with Crippen molar-refractivity contribution in [1.82, 2.24) is 19.8 Å². The average Bonchev–Trinajstić information content (AvgIpc) is 2.93. The number of aliphatic carboxylic acids is 1. The number of likely N-dealkylation sites (tertiary alicyclic amines) is 2. The molecule has 3 rings (SSSR count). The first-order valence-electron chi connectivity index (χ1n) is 8.75. The van der Waals surface area contributed by atoms with Crippen molar-refractivity contribution >= 4 is 11.9 Å². The zero-order valence-corrected chi connectivity index (χ0v) is 14.4. The molecule has 0 aliphatic carbocycles. The molecule has 0 bridgehead atoms. The van der Waals surface area contributed by atoms with Gasteiger partial charge in [-0.25, -0.2) is 4.98 Å². The number of aromatic amines is 1. The molecule has 7 nitrogen and oxygen atoms in total. The van der Waals surface area contributed by atoms with Crippen molar-refractivity contribution in [2.45, 2.75) is 45.6 Å². The lowest BCUT2D eigenvalue weighted by molar-refractivity contribution is -0.144. The summed E-state index contributed by atoms with van der Waals surface area (Å²) in [6, 6.07) is 0.387. The fourth-order valence-corrected chi connectivity index (χ4v) is 3.94. The van der Waals surface area contributed by atoms with E-state index in [9.17, 15) is 14.7 Å². The van der Waals surface area contributed by atoms with Crippen molar-refractivity contribution in [3.8, 4) is 0 Å². The lowest BCUT2D eigenvalue weighted by atomic mass is 9.94. The predicted molar refractivity (Wildman–Crippen MR) is 88.9 cm³/mol. The largest absolute Gasteiger partial charge is 0.481 e. The number of piperidine rings is 2. The standard InChI is InChI=1S/C17H26N4O3/c1-11-15(19-12(2)18-11)16(22)20-8-5-14(6-9-20)21-7-3-4-13(10-21)17(23)24/h13-14H,3-10H2,1-2H3,(H,18,19)(H,23,24). The van der Waals surface area contributed by atoms with Gasteiger partial charge in [0.15, 0.2) is 0 Å². The minimum Gasteiger partial charge on any atom is -0.481 e. The first-order chi connectivity index (χ1) is 11.5. The van der Waals surface area contributed by atoms with Crippen molar-refractivity contribution in [2.24, 2.45) is 5.92 Å². The maximum Gasteiger partial charge on any atom is 0.307 e. The molecular formula is C17H26N4O3. The number of imidazole rings is 1. The number of aryl methyl sites for hydroxylation is 2. The minimum atomic E-state index is -0.684. The van der Waals surface area contributed by atoms with Gasteiger partial charge < -0.3 is 15.0 Å². The van der Waals surface area contributed by atoms with E-state index >= 15 is 0 Å². The van der Waals surface area contributed by atoms with Gasteiger partial charge in [0.1, 0.15) is 11.5 Å². The molecule has 0 aromatic carbocycles. The number of nitrogens with zero attached hydrogens (tertiary/aromatic N) is 3. The molecule has 2 N–H and O–H groups in total. The third kappa shape index (κ3) is 3.45. The number of rotatable bonds is 3. The molecule has 0 radical (unpaired) electrons. The maximum absolute atomic E-state index is 12.6. The number of nitrogens with one attached hydrogen (secondary N) is 1. The summed E-state index contributed by atoms with van der Waals surface area (Å²) in [7, 11) is 0. The van der Waals surface area contributed by atoms with E-state index in [0.29, 0.717) is 31.4 Å². The third-order valence-corrected chi connectivity index (χ3v) is 5.28. The Labute approximate surface area is 142 Å². The number of hydrogen-bond acceptors (Lipinski definition) is 4. The summed E-state index contributed by atoms with van der Waals surface area (Å²) in [5.41, 5.74) is 1.34. The summed E-state index contributed by atoms with van der Waals surface area (Å²) < 4.78 is 0. The Hall–Kier alpha value is -1.89. The van der Waals surface area contributed by atoms with Gasteiger partial charge in [-0.2, -0.15) is 0 Å². The highest BCUT2D eigenvalue weighted by Gasteiger charge is 2.33. The van der Waals surface area contributed by atoms with Gasteiger partial charge in [-0.05, 0) is 46.1 Å². The van der Waals surface area contributed by atoms with Crippen LogP contribution in [0.4, 0.5) is 0 Å². The molecule has 132 valence electrons. The summed E-state index contributed by atoms with van der Waals surface area (Å²) in [5.74, 6) is -0.166. The van der Waals surface area contributed by atoms with Gasteiger partial charge in [0, 0.05) is 31.4 Å². The summed E-state index contributed by atoms with van der Waals surface area (Å²) >= 11 is 0. The van der Waals surface area contributed by atoms with Crippen molar-refractivity contribution < 1.29 is 14.7 Å². The lowest BCUT2D eigenvalue weighted by Gasteiger charge is -2.41. The van der Waals surface area contributed by atoms with Crippen LogP contribution in [0.5, 0.6) is 0 Å². The Morgan fingerprint density at radius 3 is 2.46 bits per heavy atom. The van der Waals surface area contributed by atoms with Crippen LogP contribution in [0.2, 0.25) is 0 Å². The quantitative estimate of drug-likeness (QED) is 0.873. The van der Waals surface area contributed by atoms with E-state index in [-0.39, 0.29) is 11.8 Å². The normalized spacial score (nSPS) is 23.4. The zero-order valence-electron chi connectivity index (χ0n) is 14.4. The summed E-state index contributed by atoms with van der Waals surface area (Å²) in [6.45, 7) is 6.77. The molecule has 0 spiro atoms. The van der Waals surface area contributed by atoms with E-state index in [4.69, 9.17) is 0 Å². The van der Waals surface area contributed by atoms with Crippen LogP contribution in [0.1, 0.15) is 47.7 Å². The number of amides is 1. The fourth-order valence-electron chi connectivity index (χ4n) is 3.94. The summed E-state index contributed by atoms with van der Waals surface area (Å²) in [4.78, 5) is 35.4. The molecule has 24 heavy (non-hydrogen) atoms. The number of aromatic nitrogens is 2. The van der Waals surface area contributed by atoms with Gasteiger partial charge in [-0.1, -0.05) is 0 Å². The zero-order chi connectivity index (χ0) is 17.3. The van der Waals surface area contributed by atoms with Crippen LogP contribution >= 0.6 is 0 Å². The molecule has 2 aliphatic rings. The van der Waals surface area contributed by atoms with Gasteiger partial charge in [0.25, 0.3) is 5.91 Å². The number of carbonyl (C=O) groups excluding carboxylic acids is 1. The minimum absolute atomic E-state index is 0.00245. The van der Waals surface area contributed by atoms with E-state index in [1.807, 2.05) is 18.7 Å². The van der Waals surface area contributed by atoms with Gasteiger partial charge in [0.2, 0.25) is 0 Å². The highest BCUT2D eigenvalue weighted by molar-refractivity contribution is 5.93. The second-order valence-electron chi connectivity index (χ2n) is 6.99. The van der Waals surface area contributed by atoms with Crippen LogP contribution in [0.15, 0.2) is 0 Å². The maximum atomic E-state index is 12.6. The van der Waals surface area contributed by atoms with Crippen LogP contribution in [0.3, 0.4) is 0 Å². The molecule has 2 fully saturated rings. The van der Waals surface area contributed by atoms with Crippen LogP contribution in [-0.2, 0) is 4.79 Å². The Balaban J connectivity index is 1.56. The first kappa shape index (κ1) is 17.0. The van der Waals surface area contributed by atoms with Crippen LogP contribution in [0, 0.1) is 19.8 Å². The molecule has 3 heterocycles. The summed E-state index contributed by atoms with van der Waals surface area (Å²) in [6.07, 6.45) is 3.53. The van der Waals surface area contributed by atoms with E-state index < -0.39 is 5.97 Å². The first-order valence-corrected chi connectivity index (χ1v) is 8.75. The predicted octanol–water partition coefficient (Wildman–Crippen LogP) is 1.43. The highest BCUT2D eigenvalue weighted by Crippen LogP contribution is 2.24. The van der Waals surface area contributed by atoms with Crippen molar-refractivity contribution in [2.75, 3.05) is 26.2 Å². The number of H-pyrrole nitrogens is 1. The molecule has 0 saturated carbocycles. The Morgan fingerprint density at radius 2 is 1.88 bits per heavy atom. The lowest BCUT2D eigenvalue weighted by Crippen LogP contribution is -2.50. The Bertz CT molecular complexity index is 619. The monoisotopic (exact) mass is 334 g/mol. The highest BCUT2D eigenvalue weighted by atomic mass is 16.4. The topological polar surface area (TPSA) is 89.5 Å². The molecule has 7 heteroatoms. The van der Waals surface area contributed by atoms with Gasteiger partial charge in [-0.15, -0.1) is 0 Å². The molecule has 1 aromatic rings. The fraction of sp³-hybridized carbons (Fsp3) is 0.706. The number of carbonyl (C=O) groups is 2. The number of carboxylic acid groups (broad SMARTS) is 1. The van der Waals surface area contributed by atoms with Gasteiger partial charge in [0.05, 0.1) is 5.92 Å². The molecule has 1 unspecified atom stereocenters. The van der Waals surface area contributed by atoms with Crippen molar-refractivity contribution in [1.29, 1.82) is 0 Å². The Morgan fingerprint density at radius 1 is 1.17 bits per heavy atom. The SMILES string of the molecule is Cc1nc(C(=O)N2CCC(N3CCCC(C(=O)O)C3)CC2)c(C)[nH]1. The van der Waals surface area contributed by atoms with Crippen LogP contribution < -0.4 is 0 Å². The van der Waals surface area contributed by atoms with Crippen molar-refractivity contribution in [3.05, 3.63) is 17.2 Å². The second kappa shape index (κ2) is 6.93. The third-order valence-electron chi connectivity index (χ3n) is 5.28. The van der Waals surface area contributed by atoms with E-state index in [0.717, 1.165) is 43.7 Å². The Kier molecular flexibility index (Phi) is 4.89. The number of hydrogen-bond donors (Lipinski definition) is 2. The molecular weight excluding hydrogens is 308 g/mol. The molecule has 1 atom stereocenters. The summed E-state index contributed by atoms with van der Waals surface area (Å²) in [5, 5.41) is 9.23.